The highest BCUT2D eigenvalue weighted by atomic mass is 16.4. The van der Waals surface area contributed by atoms with Crippen LogP contribution in [0.25, 0.3) is 5.53 Å². The monoisotopic (exact) mass is 309 g/mol. The Morgan fingerprint density at radius 1 is 1.55 bits per heavy atom. The third-order valence-electron chi connectivity index (χ3n) is 2.88. The molecule has 1 amide bonds. The van der Waals surface area contributed by atoms with E-state index in [0.717, 1.165) is 0 Å². The molecule has 0 saturated heterocycles. The van der Waals surface area contributed by atoms with Crippen molar-refractivity contribution in [1.82, 2.24) is 14.9 Å². The average Bonchev–Trinajstić information content (AvgIpc) is 2.88. The highest BCUT2D eigenvalue weighted by Gasteiger charge is 2.27. The van der Waals surface area contributed by atoms with E-state index in [2.05, 4.69) is 15.1 Å². The first-order valence-electron chi connectivity index (χ1n) is 6.24. The molecular formula is C12H15N5O5. The summed E-state index contributed by atoms with van der Waals surface area (Å²) in [6.45, 7) is 0. The summed E-state index contributed by atoms with van der Waals surface area (Å²) in [5.41, 5.74) is 8.38. The molecule has 0 aliphatic carbocycles. The Balaban J connectivity index is 2.68. The number of carboxylic acid groups (broad SMARTS) is 1. The Morgan fingerprint density at radius 2 is 2.23 bits per heavy atom. The molecule has 10 nitrogen and oxygen atoms in total. The van der Waals surface area contributed by atoms with Crippen molar-refractivity contribution in [3.05, 3.63) is 23.7 Å². The second-order valence-corrected chi connectivity index (χ2v) is 4.48. The summed E-state index contributed by atoms with van der Waals surface area (Å²) in [5, 5.41) is 21.0. The number of nitrogens with one attached hydrogen (secondary N) is 1. The molecule has 2 atom stereocenters. The van der Waals surface area contributed by atoms with E-state index in [1.807, 2.05) is 0 Å². The van der Waals surface area contributed by atoms with Gasteiger partial charge in [0.2, 0.25) is 5.78 Å². The van der Waals surface area contributed by atoms with Crippen LogP contribution in [0.5, 0.6) is 0 Å². The van der Waals surface area contributed by atoms with Crippen LogP contribution in [0.4, 0.5) is 0 Å². The second-order valence-electron chi connectivity index (χ2n) is 4.48. The van der Waals surface area contributed by atoms with Crippen LogP contribution in [0.1, 0.15) is 24.6 Å². The predicted octanol–water partition coefficient (Wildman–Crippen LogP) is -1.33. The molecule has 22 heavy (non-hydrogen) atoms. The van der Waals surface area contributed by atoms with E-state index < -0.39 is 29.8 Å². The summed E-state index contributed by atoms with van der Waals surface area (Å²) in [5.74, 6) is -2.85. The molecule has 1 rings (SSSR count). The lowest BCUT2D eigenvalue weighted by Gasteiger charge is -2.16. The van der Waals surface area contributed by atoms with Crippen LogP contribution < -0.4 is 5.32 Å². The van der Waals surface area contributed by atoms with Crippen molar-refractivity contribution in [3.63, 3.8) is 0 Å². The van der Waals surface area contributed by atoms with Crippen molar-refractivity contribution < 1.29 is 29.4 Å². The van der Waals surface area contributed by atoms with Gasteiger partial charge in [-0.3, -0.25) is 9.59 Å². The number of carbonyl (C=O) groups excluding carboxylic acids is 2. The zero-order chi connectivity index (χ0) is 16.7. The standard InChI is InChI=1S/C12H15N5O5/c1-17-6-14-5-9(17)10(19)11(20)16-8(12(21)22)3-2-7(18)4-15-13/h4-6,8,10,19H,2-3H2,1H3,(H,16,20)(H,21,22)/t8-,10+/m0/s1. The van der Waals surface area contributed by atoms with E-state index in [9.17, 15) is 19.5 Å². The third kappa shape index (κ3) is 4.62. The lowest BCUT2D eigenvalue weighted by atomic mass is 10.1. The number of aliphatic hydroxyl groups excluding tert-OH is 1. The second kappa shape index (κ2) is 7.81. The van der Waals surface area contributed by atoms with Gasteiger partial charge >= 0.3 is 12.2 Å². The van der Waals surface area contributed by atoms with Crippen molar-refractivity contribution in [2.75, 3.05) is 0 Å². The number of aromatic nitrogens is 2. The minimum atomic E-state index is -1.58. The van der Waals surface area contributed by atoms with Crippen LogP contribution in [0.15, 0.2) is 12.5 Å². The lowest BCUT2D eigenvalue weighted by molar-refractivity contribution is -0.143. The van der Waals surface area contributed by atoms with Gasteiger partial charge in [-0.15, -0.1) is 0 Å². The SMILES string of the molecule is Cn1cncc1[C@@H](O)C(=O)N[C@@H](CCC(=O)C=[N+]=[N-])C(=O)O. The van der Waals surface area contributed by atoms with Crippen molar-refractivity contribution >= 4 is 23.9 Å². The predicted molar refractivity (Wildman–Crippen MR) is 71.7 cm³/mol. The van der Waals surface area contributed by atoms with Crippen molar-refractivity contribution in [1.29, 1.82) is 0 Å². The van der Waals surface area contributed by atoms with Gasteiger partial charge in [0.1, 0.15) is 6.04 Å². The summed E-state index contributed by atoms with van der Waals surface area (Å²) < 4.78 is 1.42. The minimum absolute atomic E-state index is 0.199. The Morgan fingerprint density at radius 3 is 2.73 bits per heavy atom. The lowest BCUT2D eigenvalue weighted by Crippen LogP contribution is -2.43. The van der Waals surface area contributed by atoms with Gasteiger partial charge in [0.05, 0.1) is 18.2 Å². The molecule has 0 unspecified atom stereocenters. The number of aliphatic hydroxyl groups is 1. The van der Waals surface area contributed by atoms with Crippen LogP contribution in [0.3, 0.4) is 0 Å². The van der Waals surface area contributed by atoms with E-state index in [0.29, 0.717) is 6.21 Å². The molecule has 3 N–H and O–H groups in total. The zero-order valence-corrected chi connectivity index (χ0v) is 11.7. The fraction of sp³-hybridized carbons (Fsp3) is 0.417. The first-order valence-corrected chi connectivity index (χ1v) is 6.24. The molecule has 1 aromatic heterocycles. The third-order valence-corrected chi connectivity index (χ3v) is 2.88. The maximum atomic E-state index is 11.9. The topological polar surface area (TPSA) is 158 Å². The minimum Gasteiger partial charge on any atom is -0.480 e. The Bertz CT molecular complexity index is 619. The number of aryl methyl sites for hydroxylation is 1. The molecule has 0 aliphatic heterocycles. The number of hydrogen-bond donors (Lipinski definition) is 3. The number of nitrogens with zero attached hydrogens (tertiary/aromatic N) is 4. The molecule has 0 fully saturated rings. The molecule has 0 radical (unpaired) electrons. The smallest absolute Gasteiger partial charge is 0.326 e. The van der Waals surface area contributed by atoms with E-state index in [1.165, 1.54) is 17.1 Å². The van der Waals surface area contributed by atoms with E-state index in [-0.39, 0.29) is 18.5 Å². The first kappa shape index (κ1) is 17.2. The number of ketones is 1. The Hall–Kier alpha value is -2.84. The molecule has 0 spiro atoms. The zero-order valence-electron chi connectivity index (χ0n) is 11.7. The maximum absolute atomic E-state index is 11.9. The highest BCUT2D eigenvalue weighted by molar-refractivity contribution is 6.25. The Labute approximate surface area is 125 Å². The van der Waals surface area contributed by atoms with E-state index >= 15 is 0 Å². The largest absolute Gasteiger partial charge is 0.480 e. The van der Waals surface area contributed by atoms with Crippen molar-refractivity contribution in [3.8, 4) is 0 Å². The summed E-state index contributed by atoms with van der Waals surface area (Å²) in [7, 11) is 1.57. The molecule has 118 valence electrons. The first-order chi connectivity index (χ1) is 10.4. The molecule has 0 bridgehead atoms. The van der Waals surface area contributed by atoms with Crippen LogP contribution in [-0.4, -0.2) is 54.5 Å². The quantitative estimate of drug-likeness (QED) is 0.306. The number of aliphatic carboxylic acids is 1. The van der Waals surface area contributed by atoms with Crippen LogP contribution in [0.2, 0.25) is 0 Å². The number of rotatable bonds is 8. The van der Waals surface area contributed by atoms with Crippen molar-refractivity contribution in [2.24, 2.45) is 7.05 Å². The van der Waals surface area contributed by atoms with Gasteiger partial charge < -0.3 is 25.6 Å². The normalized spacial score (nSPS) is 12.8. The van der Waals surface area contributed by atoms with Gasteiger partial charge in [0.15, 0.2) is 6.10 Å². The molecule has 0 aromatic carbocycles. The highest BCUT2D eigenvalue weighted by Crippen LogP contribution is 2.12. The number of Topliss-reactive ketones (excluding diaryl/α,β-unsaturated/α-hetero) is 1. The molecule has 0 saturated carbocycles. The van der Waals surface area contributed by atoms with E-state index in [4.69, 9.17) is 10.6 Å². The van der Waals surface area contributed by atoms with Crippen LogP contribution in [0, 0.1) is 0 Å². The van der Waals surface area contributed by atoms with Crippen molar-refractivity contribution in [2.45, 2.75) is 25.0 Å². The number of amides is 1. The molecule has 10 heteroatoms. The molecule has 1 heterocycles. The Kier molecular flexibility index (Phi) is 6.11. The van der Waals surface area contributed by atoms with Crippen LogP contribution >= 0.6 is 0 Å². The van der Waals surface area contributed by atoms with Gasteiger partial charge in [-0.1, -0.05) is 0 Å². The molecule has 1 aromatic rings. The number of carboxylic acids is 1. The number of hydrogen-bond acceptors (Lipinski definition) is 5. The average molecular weight is 309 g/mol. The summed E-state index contributed by atoms with van der Waals surface area (Å²) in [6, 6.07) is -1.36. The van der Waals surface area contributed by atoms with Gasteiger partial charge in [0.25, 0.3) is 5.91 Å². The van der Waals surface area contributed by atoms with Gasteiger partial charge in [-0.2, -0.15) is 4.79 Å². The maximum Gasteiger partial charge on any atom is 0.326 e. The fourth-order valence-electron chi connectivity index (χ4n) is 1.69. The fourth-order valence-corrected chi connectivity index (χ4v) is 1.69. The number of carbonyl (C=O) groups is 3. The van der Waals surface area contributed by atoms with Gasteiger partial charge in [0, 0.05) is 13.5 Å². The summed E-state index contributed by atoms with van der Waals surface area (Å²) in [4.78, 5) is 40.4. The summed E-state index contributed by atoms with van der Waals surface area (Å²) >= 11 is 0. The molecular weight excluding hydrogens is 294 g/mol. The molecule has 0 aliphatic rings. The summed E-state index contributed by atoms with van der Waals surface area (Å²) in [6.07, 6.45) is 1.29. The van der Waals surface area contributed by atoms with E-state index in [1.54, 1.807) is 7.05 Å². The van der Waals surface area contributed by atoms with Gasteiger partial charge in [-0.05, 0) is 6.42 Å². The number of imidazole rings is 1. The van der Waals surface area contributed by atoms with Gasteiger partial charge in [-0.25, -0.2) is 9.78 Å². The van der Waals surface area contributed by atoms with Crippen LogP contribution in [-0.2, 0) is 21.4 Å².